The van der Waals surface area contributed by atoms with Crippen molar-refractivity contribution < 1.29 is 4.79 Å². The zero-order chi connectivity index (χ0) is 23.2. The molecule has 6 nitrogen and oxygen atoms in total. The molecule has 1 saturated heterocycles. The minimum absolute atomic E-state index is 0.173. The van der Waals surface area contributed by atoms with Crippen LogP contribution in [0.2, 0.25) is 0 Å². The van der Waals surface area contributed by atoms with Gasteiger partial charge < -0.3 is 9.80 Å². The van der Waals surface area contributed by atoms with Gasteiger partial charge in [-0.3, -0.25) is 14.6 Å². The molecule has 1 amide bonds. The van der Waals surface area contributed by atoms with Crippen molar-refractivity contribution in [2.45, 2.75) is 13.1 Å². The first-order valence-corrected chi connectivity index (χ1v) is 12.3. The van der Waals surface area contributed by atoms with E-state index in [0.29, 0.717) is 13.1 Å². The molecule has 2 aromatic carbocycles. The molecule has 174 valence electrons. The summed E-state index contributed by atoms with van der Waals surface area (Å²) in [5, 5.41) is 3.24. The van der Waals surface area contributed by atoms with Crippen molar-refractivity contribution in [3.63, 3.8) is 0 Å². The van der Waals surface area contributed by atoms with Crippen LogP contribution in [0.3, 0.4) is 0 Å². The fourth-order valence-electron chi connectivity index (χ4n) is 4.00. The van der Waals surface area contributed by atoms with E-state index in [1.165, 1.54) is 11.3 Å². The number of aromatic nitrogens is 1. The second-order valence-corrected chi connectivity index (χ2v) is 9.73. The molecule has 0 radical (unpaired) electrons. The first-order chi connectivity index (χ1) is 16.0. The number of piperazine rings is 1. The number of rotatable bonds is 8. The van der Waals surface area contributed by atoms with E-state index in [0.717, 1.165) is 49.0 Å². The Balaban J connectivity index is 1.21. The summed E-state index contributed by atoms with van der Waals surface area (Å²) < 4.78 is 0. The van der Waals surface area contributed by atoms with Gasteiger partial charge >= 0.3 is 0 Å². The van der Waals surface area contributed by atoms with Gasteiger partial charge in [0.1, 0.15) is 5.01 Å². The molecule has 2 heterocycles. The van der Waals surface area contributed by atoms with E-state index in [-0.39, 0.29) is 5.91 Å². The Morgan fingerprint density at radius 2 is 1.61 bits per heavy atom. The number of carbonyl (C=O) groups is 1. The third-order valence-corrected chi connectivity index (χ3v) is 7.02. The predicted octanol–water partition coefficient (Wildman–Crippen LogP) is 3.65. The van der Waals surface area contributed by atoms with Crippen molar-refractivity contribution in [2.24, 2.45) is 0 Å². The molecule has 0 N–H and O–H groups in total. The van der Waals surface area contributed by atoms with Crippen molar-refractivity contribution in [3.8, 4) is 10.6 Å². The smallest absolute Gasteiger partial charge is 0.236 e. The van der Waals surface area contributed by atoms with Crippen molar-refractivity contribution in [1.29, 1.82) is 0 Å². The summed E-state index contributed by atoms with van der Waals surface area (Å²) in [5.41, 5.74) is 4.62. The Hall–Kier alpha value is -2.74. The molecule has 0 spiro atoms. The highest BCUT2D eigenvalue weighted by molar-refractivity contribution is 7.13. The van der Waals surface area contributed by atoms with Crippen LogP contribution in [0.1, 0.15) is 11.3 Å². The van der Waals surface area contributed by atoms with Gasteiger partial charge in [0.2, 0.25) is 5.91 Å². The standard InChI is InChI=1S/C26H33N5OS/c1-28(2)24-11-9-21(10-12-24)17-29(3)25(32)19-31-15-13-30(14-16-31)18-23-20-33-26(27-23)22-7-5-4-6-8-22/h4-12,20H,13-19H2,1-3H3. The number of thiazole rings is 1. The van der Waals surface area contributed by atoms with Gasteiger partial charge in [0.05, 0.1) is 12.2 Å². The lowest BCUT2D eigenvalue weighted by Gasteiger charge is -2.34. The number of anilines is 1. The van der Waals surface area contributed by atoms with E-state index in [1.54, 1.807) is 11.3 Å². The SMILES string of the molecule is CN(Cc1ccc(N(C)C)cc1)C(=O)CN1CCN(Cc2csc(-c3ccccc3)n2)CC1. The van der Waals surface area contributed by atoms with Gasteiger partial charge in [-0.15, -0.1) is 11.3 Å². The zero-order valence-electron chi connectivity index (χ0n) is 19.8. The van der Waals surface area contributed by atoms with Crippen LogP contribution in [0.15, 0.2) is 60.0 Å². The molecule has 0 atom stereocenters. The molecule has 3 aromatic rings. The monoisotopic (exact) mass is 463 g/mol. The van der Waals surface area contributed by atoms with Gasteiger partial charge in [0.15, 0.2) is 0 Å². The quantitative estimate of drug-likeness (QED) is 0.510. The second kappa shape index (κ2) is 10.9. The molecular formula is C26H33N5OS. The van der Waals surface area contributed by atoms with Crippen molar-refractivity contribution in [3.05, 3.63) is 71.2 Å². The minimum Gasteiger partial charge on any atom is -0.378 e. The van der Waals surface area contributed by atoms with Crippen molar-refractivity contribution >= 4 is 22.9 Å². The Labute approximate surface area is 201 Å². The van der Waals surface area contributed by atoms with Gasteiger partial charge in [-0.2, -0.15) is 0 Å². The minimum atomic E-state index is 0.173. The summed E-state index contributed by atoms with van der Waals surface area (Å²) in [7, 11) is 5.96. The van der Waals surface area contributed by atoms with Crippen LogP contribution < -0.4 is 4.90 Å². The summed E-state index contributed by atoms with van der Waals surface area (Å²) in [6, 6.07) is 18.7. The third-order valence-electron chi connectivity index (χ3n) is 6.08. The Bertz CT molecular complexity index is 1030. The highest BCUT2D eigenvalue weighted by Crippen LogP contribution is 2.24. The zero-order valence-corrected chi connectivity index (χ0v) is 20.6. The Kier molecular flexibility index (Phi) is 7.75. The number of hydrogen-bond donors (Lipinski definition) is 0. The topological polar surface area (TPSA) is 42.9 Å². The summed E-state index contributed by atoms with van der Waals surface area (Å²) >= 11 is 1.71. The number of nitrogens with zero attached hydrogens (tertiary/aromatic N) is 5. The lowest BCUT2D eigenvalue weighted by molar-refractivity contribution is -0.132. The lowest BCUT2D eigenvalue weighted by atomic mass is 10.2. The molecule has 1 aliphatic rings. The van der Waals surface area contributed by atoms with Crippen molar-refractivity contribution in [1.82, 2.24) is 19.7 Å². The van der Waals surface area contributed by atoms with Crippen LogP contribution in [0.5, 0.6) is 0 Å². The van der Waals surface area contributed by atoms with E-state index in [1.807, 2.05) is 32.1 Å². The van der Waals surface area contributed by atoms with E-state index < -0.39 is 0 Å². The van der Waals surface area contributed by atoms with Crippen LogP contribution >= 0.6 is 11.3 Å². The predicted molar refractivity (Wildman–Crippen MR) is 137 cm³/mol. The molecule has 33 heavy (non-hydrogen) atoms. The molecule has 7 heteroatoms. The second-order valence-electron chi connectivity index (χ2n) is 8.87. The number of benzene rings is 2. The molecule has 0 saturated carbocycles. The summed E-state index contributed by atoms with van der Waals surface area (Å²) in [5.74, 6) is 0.173. The molecule has 1 aromatic heterocycles. The summed E-state index contributed by atoms with van der Waals surface area (Å²) in [6.07, 6.45) is 0. The third kappa shape index (κ3) is 6.41. The summed E-state index contributed by atoms with van der Waals surface area (Å²) in [6.45, 7) is 5.73. The molecule has 1 aliphatic heterocycles. The molecule has 0 aliphatic carbocycles. The van der Waals surface area contributed by atoms with Gasteiger partial charge in [-0.05, 0) is 17.7 Å². The Morgan fingerprint density at radius 3 is 2.27 bits per heavy atom. The molecular weight excluding hydrogens is 430 g/mol. The summed E-state index contributed by atoms with van der Waals surface area (Å²) in [4.78, 5) is 26.2. The first kappa shape index (κ1) is 23.4. The molecule has 4 rings (SSSR count). The highest BCUT2D eigenvalue weighted by atomic mass is 32.1. The van der Waals surface area contributed by atoms with Crippen LogP contribution in [-0.2, 0) is 17.9 Å². The van der Waals surface area contributed by atoms with Gasteiger partial charge in [0, 0.05) is 77.0 Å². The Morgan fingerprint density at radius 1 is 0.939 bits per heavy atom. The average molecular weight is 464 g/mol. The number of carbonyl (C=O) groups excluding carboxylic acids is 1. The highest BCUT2D eigenvalue weighted by Gasteiger charge is 2.21. The van der Waals surface area contributed by atoms with E-state index >= 15 is 0 Å². The largest absolute Gasteiger partial charge is 0.378 e. The molecule has 1 fully saturated rings. The fourth-order valence-corrected chi connectivity index (χ4v) is 4.82. The van der Waals surface area contributed by atoms with Crippen LogP contribution in [0.25, 0.3) is 10.6 Å². The maximum absolute atomic E-state index is 12.8. The van der Waals surface area contributed by atoms with Crippen LogP contribution in [0, 0.1) is 0 Å². The molecule has 0 bridgehead atoms. The van der Waals surface area contributed by atoms with Gasteiger partial charge in [-0.25, -0.2) is 4.98 Å². The first-order valence-electron chi connectivity index (χ1n) is 11.4. The lowest BCUT2D eigenvalue weighted by Crippen LogP contribution is -2.49. The van der Waals surface area contributed by atoms with E-state index in [9.17, 15) is 4.79 Å². The number of likely N-dealkylation sites (N-methyl/N-ethyl adjacent to an activating group) is 1. The normalized spacial score (nSPS) is 14.9. The van der Waals surface area contributed by atoms with Crippen LogP contribution in [0.4, 0.5) is 5.69 Å². The van der Waals surface area contributed by atoms with E-state index in [4.69, 9.17) is 4.98 Å². The van der Waals surface area contributed by atoms with Crippen LogP contribution in [-0.4, -0.2) is 79.5 Å². The van der Waals surface area contributed by atoms with Crippen molar-refractivity contribution in [2.75, 3.05) is 58.8 Å². The number of hydrogen-bond acceptors (Lipinski definition) is 6. The fraction of sp³-hybridized carbons (Fsp3) is 0.385. The average Bonchev–Trinajstić information content (AvgIpc) is 3.30. The molecule has 0 unspecified atom stereocenters. The van der Waals surface area contributed by atoms with Gasteiger partial charge in [-0.1, -0.05) is 42.5 Å². The maximum atomic E-state index is 12.8. The van der Waals surface area contributed by atoms with E-state index in [2.05, 4.69) is 68.6 Å². The maximum Gasteiger partial charge on any atom is 0.236 e. The van der Waals surface area contributed by atoms with Gasteiger partial charge in [0.25, 0.3) is 0 Å². The number of amides is 1.